The van der Waals surface area contributed by atoms with E-state index in [1.165, 1.54) is 49.5 Å². The Bertz CT molecular complexity index is 1890. The van der Waals surface area contributed by atoms with Crippen LogP contribution in [-0.4, -0.2) is 33.4 Å². The predicted octanol–water partition coefficient (Wildman–Crippen LogP) is 4.82. The highest BCUT2D eigenvalue weighted by molar-refractivity contribution is 9.11. The van der Waals surface area contributed by atoms with E-state index in [1.807, 2.05) is 0 Å². The molecule has 12 nitrogen and oxygen atoms in total. The third kappa shape index (κ3) is 5.46. The summed E-state index contributed by atoms with van der Waals surface area (Å²) in [6, 6.07) is 9.10. The van der Waals surface area contributed by atoms with Gasteiger partial charge in [0.25, 0.3) is 16.8 Å². The summed E-state index contributed by atoms with van der Waals surface area (Å²) in [5.74, 6) is -1.87. The van der Waals surface area contributed by atoms with Gasteiger partial charge in [-0.1, -0.05) is 0 Å². The molecule has 0 amide bonds. The van der Waals surface area contributed by atoms with Crippen LogP contribution in [0.5, 0.6) is 17.5 Å². The number of nitro groups is 1. The lowest BCUT2D eigenvalue weighted by Gasteiger charge is -2.24. The largest absolute Gasteiger partial charge is 0.494 e. The number of aromatic hydroxyl groups is 2. The first kappa shape index (κ1) is 31.3. The lowest BCUT2D eigenvalue weighted by Crippen LogP contribution is -2.33. The fourth-order valence-corrected chi connectivity index (χ4v) is 6.24. The number of hydrogen-bond donors (Lipinski definition) is 2. The summed E-state index contributed by atoms with van der Waals surface area (Å²) in [7, 11) is 5.83. The lowest BCUT2D eigenvalue weighted by molar-refractivity contribution is -0.384. The summed E-state index contributed by atoms with van der Waals surface area (Å²) >= 11 is 17.5. The van der Waals surface area contributed by atoms with Crippen molar-refractivity contribution >= 4 is 62.0 Å². The molecule has 2 N–H and O–H groups in total. The molecule has 0 radical (unpaired) electrons. The van der Waals surface area contributed by atoms with Gasteiger partial charge in [-0.05, 0) is 91.7 Å². The molecule has 2 aromatic heterocycles. The third-order valence-corrected chi connectivity index (χ3v) is 9.07. The van der Waals surface area contributed by atoms with Crippen LogP contribution < -0.4 is 15.9 Å². The average Bonchev–Trinajstić information content (AvgIpc) is 2.96. The molecule has 0 atom stereocenters. The molecule has 42 heavy (non-hydrogen) atoms. The standard InChI is InChI=1S/C26H23Br2N5O7S2/c1-29-21(34)18(22(35)30(2)25(29)41)17(19-23(36)31(3)26(42)32(4)24(19)37)13-9-15(27)20(16(28)10-13)40-11-12-5-7-14(8-6-12)33(38)39/h5-10,17,34,36H,11H2,1-4H3. The lowest BCUT2D eigenvalue weighted by atomic mass is 9.86. The quantitative estimate of drug-likeness (QED) is 0.155. The molecule has 0 spiro atoms. The Morgan fingerprint density at radius 1 is 0.857 bits per heavy atom. The minimum atomic E-state index is -1.28. The smallest absolute Gasteiger partial charge is 0.269 e. The maximum Gasteiger partial charge on any atom is 0.269 e. The summed E-state index contributed by atoms with van der Waals surface area (Å²) in [5.41, 5.74) is -0.763. The van der Waals surface area contributed by atoms with E-state index in [4.69, 9.17) is 29.2 Å². The van der Waals surface area contributed by atoms with Crippen molar-refractivity contribution in [1.82, 2.24) is 18.3 Å². The van der Waals surface area contributed by atoms with E-state index in [0.717, 1.165) is 9.13 Å². The Hall–Kier alpha value is -3.60. The molecule has 0 saturated carbocycles. The minimum absolute atomic E-state index is 0.0425. The molecule has 2 heterocycles. The molecule has 0 aliphatic rings. The van der Waals surface area contributed by atoms with Crippen molar-refractivity contribution in [2.45, 2.75) is 12.5 Å². The SMILES string of the molecule is Cn1c(O)c(C(c2cc(Br)c(OCc3ccc([N+](=O)[O-])cc3)c(Br)c2)c2c(O)n(C)c(=S)n(C)c2=O)c(=O)n(C)c1=S. The molecule has 16 heteroatoms. The van der Waals surface area contributed by atoms with Crippen LogP contribution in [0.3, 0.4) is 0 Å². The van der Waals surface area contributed by atoms with E-state index in [2.05, 4.69) is 31.9 Å². The Morgan fingerprint density at radius 2 is 1.29 bits per heavy atom. The zero-order valence-electron chi connectivity index (χ0n) is 22.5. The summed E-state index contributed by atoms with van der Waals surface area (Å²) in [4.78, 5) is 37.6. The summed E-state index contributed by atoms with van der Waals surface area (Å²) in [6.07, 6.45) is 0. The Labute approximate surface area is 265 Å². The summed E-state index contributed by atoms with van der Waals surface area (Å²) in [5, 5.41) is 33.3. The summed E-state index contributed by atoms with van der Waals surface area (Å²) < 4.78 is 11.7. The third-order valence-electron chi connectivity index (χ3n) is 6.80. The number of non-ortho nitro benzene ring substituents is 1. The molecule has 4 aromatic rings. The molecule has 0 bridgehead atoms. The number of halogens is 2. The number of benzene rings is 2. The van der Waals surface area contributed by atoms with E-state index in [0.29, 0.717) is 25.8 Å². The number of aromatic nitrogens is 4. The number of hydrogen-bond acceptors (Lipinski definition) is 9. The Morgan fingerprint density at radius 3 is 1.69 bits per heavy atom. The van der Waals surface area contributed by atoms with Crippen LogP contribution in [0, 0.1) is 19.7 Å². The molecule has 0 saturated heterocycles. The van der Waals surface area contributed by atoms with Crippen LogP contribution in [-0.2, 0) is 34.8 Å². The van der Waals surface area contributed by atoms with Crippen LogP contribution in [0.25, 0.3) is 0 Å². The average molecular weight is 741 g/mol. The topological polar surface area (TPSA) is 147 Å². The Kier molecular flexibility index (Phi) is 8.92. The van der Waals surface area contributed by atoms with E-state index in [1.54, 1.807) is 24.3 Å². The molecule has 0 aliphatic carbocycles. The monoisotopic (exact) mass is 739 g/mol. The molecule has 4 rings (SSSR count). The van der Waals surface area contributed by atoms with Crippen LogP contribution in [0.1, 0.15) is 28.2 Å². The van der Waals surface area contributed by atoms with Gasteiger partial charge in [0.05, 0.1) is 30.9 Å². The van der Waals surface area contributed by atoms with Gasteiger partial charge in [0, 0.05) is 40.3 Å². The number of nitro benzene ring substituents is 1. The van der Waals surface area contributed by atoms with Crippen LogP contribution in [0.2, 0.25) is 0 Å². The maximum atomic E-state index is 13.6. The van der Waals surface area contributed by atoms with Crippen molar-refractivity contribution in [3.63, 3.8) is 0 Å². The van der Waals surface area contributed by atoms with Crippen molar-refractivity contribution in [2.75, 3.05) is 0 Å². The molecule has 0 aliphatic heterocycles. The van der Waals surface area contributed by atoms with Crippen molar-refractivity contribution in [3.05, 3.63) is 108 Å². The first-order valence-electron chi connectivity index (χ1n) is 12.0. The number of rotatable bonds is 7. The Balaban J connectivity index is 1.94. The van der Waals surface area contributed by atoms with Crippen molar-refractivity contribution in [3.8, 4) is 17.5 Å². The van der Waals surface area contributed by atoms with Crippen molar-refractivity contribution in [2.24, 2.45) is 28.2 Å². The highest BCUT2D eigenvalue weighted by Crippen LogP contribution is 2.42. The summed E-state index contributed by atoms with van der Waals surface area (Å²) in [6.45, 7) is 0.0763. The molecular weight excluding hydrogens is 718 g/mol. The van der Waals surface area contributed by atoms with Gasteiger partial charge < -0.3 is 14.9 Å². The predicted molar refractivity (Wildman–Crippen MR) is 167 cm³/mol. The van der Waals surface area contributed by atoms with Gasteiger partial charge in [-0.25, -0.2) is 0 Å². The number of nitrogens with zero attached hydrogens (tertiary/aromatic N) is 5. The number of ether oxygens (including phenoxy) is 1. The van der Waals surface area contributed by atoms with Gasteiger partial charge in [0.15, 0.2) is 9.54 Å². The molecule has 220 valence electrons. The zero-order chi connectivity index (χ0) is 31.2. The van der Waals surface area contributed by atoms with Gasteiger partial charge in [0.2, 0.25) is 11.8 Å². The van der Waals surface area contributed by atoms with Crippen molar-refractivity contribution in [1.29, 1.82) is 0 Å². The van der Waals surface area contributed by atoms with Crippen LogP contribution >= 0.6 is 56.3 Å². The fourth-order valence-electron chi connectivity index (χ4n) is 4.46. The van der Waals surface area contributed by atoms with Gasteiger partial charge in [-0.2, -0.15) is 0 Å². The maximum absolute atomic E-state index is 13.6. The van der Waals surface area contributed by atoms with Crippen LogP contribution in [0.4, 0.5) is 5.69 Å². The second-order valence-corrected chi connectivity index (χ2v) is 11.8. The second-order valence-electron chi connectivity index (χ2n) is 9.35. The first-order valence-corrected chi connectivity index (χ1v) is 14.4. The molecule has 0 fully saturated rings. The highest BCUT2D eigenvalue weighted by atomic mass is 79.9. The van der Waals surface area contributed by atoms with E-state index < -0.39 is 33.7 Å². The molecule has 0 unspecified atom stereocenters. The van der Waals surface area contributed by atoms with Gasteiger partial charge in [0.1, 0.15) is 12.4 Å². The van der Waals surface area contributed by atoms with Crippen LogP contribution in [0.15, 0.2) is 54.9 Å². The van der Waals surface area contributed by atoms with E-state index in [9.17, 15) is 29.9 Å². The fraction of sp³-hybridized carbons (Fsp3) is 0.231. The van der Waals surface area contributed by atoms with Gasteiger partial charge in [-0.15, -0.1) is 0 Å². The van der Waals surface area contributed by atoms with Crippen molar-refractivity contribution < 1.29 is 19.9 Å². The first-order chi connectivity index (χ1) is 19.7. The van der Waals surface area contributed by atoms with Gasteiger partial charge in [-0.3, -0.25) is 38.0 Å². The highest BCUT2D eigenvalue weighted by Gasteiger charge is 2.33. The van der Waals surface area contributed by atoms with E-state index in [-0.39, 0.29) is 33.0 Å². The molecular formula is C26H23Br2N5O7S2. The van der Waals surface area contributed by atoms with E-state index >= 15 is 0 Å². The minimum Gasteiger partial charge on any atom is -0.494 e. The normalized spacial score (nSPS) is 11.2. The molecule has 2 aromatic carbocycles. The van der Waals surface area contributed by atoms with Gasteiger partial charge >= 0.3 is 0 Å². The second kappa shape index (κ2) is 11.9. The zero-order valence-corrected chi connectivity index (χ0v) is 27.3.